The Morgan fingerprint density at radius 2 is 0.750 bits per heavy atom. The molecular formula is C58H38F2N2O2. The number of halogens is 2. The smallest absolute Gasteiger partial charge is 0.160 e. The first-order valence-corrected chi connectivity index (χ1v) is 21.9. The van der Waals surface area contributed by atoms with Crippen LogP contribution in [0, 0.1) is 11.6 Å². The lowest BCUT2D eigenvalue weighted by atomic mass is 9.83. The van der Waals surface area contributed by atoms with Crippen LogP contribution in [0.4, 0.5) is 8.78 Å². The van der Waals surface area contributed by atoms with Gasteiger partial charge in [0.2, 0.25) is 0 Å². The number of rotatable bonds is 6. The van der Waals surface area contributed by atoms with Crippen molar-refractivity contribution in [3.05, 3.63) is 193 Å². The van der Waals surface area contributed by atoms with Crippen LogP contribution in [0.2, 0.25) is 0 Å². The van der Waals surface area contributed by atoms with Gasteiger partial charge in [0.15, 0.2) is 11.2 Å². The van der Waals surface area contributed by atoms with Crippen LogP contribution < -0.4 is 0 Å². The molecule has 306 valence electrons. The molecule has 13 aromatic rings. The lowest BCUT2D eigenvalue weighted by molar-refractivity contribution is 0.627. The summed E-state index contributed by atoms with van der Waals surface area (Å²) >= 11 is 0. The largest absolute Gasteiger partial charge is 0.454 e. The Labute approximate surface area is 365 Å². The van der Waals surface area contributed by atoms with Crippen molar-refractivity contribution < 1.29 is 17.6 Å². The summed E-state index contributed by atoms with van der Waals surface area (Å²) in [6.45, 7) is 4.40. The summed E-state index contributed by atoms with van der Waals surface area (Å²) < 4.78 is 48.8. The van der Waals surface area contributed by atoms with Gasteiger partial charge in [-0.25, -0.2) is 8.78 Å². The fraction of sp³-hybridized carbons (Fsp3) is 0.0690. The maximum atomic E-state index is 15.1. The molecule has 0 saturated heterocycles. The topological polar surface area (TPSA) is 36.1 Å². The molecule has 0 amide bonds. The lowest BCUT2D eigenvalue weighted by Gasteiger charge is -2.29. The molecule has 9 aromatic carbocycles. The predicted molar refractivity (Wildman–Crippen MR) is 259 cm³/mol. The van der Waals surface area contributed by atoms with Gasteiger partial charge in [-0.05, 0) is 90.2 Å². The average molecular weight is 833 g/mol. The molecule has 6 heteroatoms. The molecule has 0 unspecified atom stereocenters. The van der Waals surface area contributed by atoms with E-state index in [1.807, 2.05) is 48.5 Å². The minimum atomic E-state index is -0.310. The molecule has 13 rings (SSSR count). The van der Waals surface area contributed by atoms with Crippen molar-refractivity contribution >= 4 is 87.5 Å². The van der Waals surface area contributed by atoms with Gasteiger partial charge in [-0.2, -0.15) is 0 Å². The molecule has 0 radical (unpaired) electrons. The first-order valence-electron chi connectivity index (χ1n) is 21.9. The second-order valence-corrected chi connectivity index (χ2v) is 16.7. The van der Waals surface area contributed by atoms with Gasteiger partial charge >= 0.3 is 0 Å². The van der Waals surface area contributed by atoms with Crippen LogP contribution in [-0.4, -0.2) is 9.13 Å². The molecule has 4 nitrogen and oxygen atoms in total. The van der Waals surface area contributed by atoms with E-state index in [-0.39, 0.29) is 11.6 Å². The maximum Gasteiger partial charge on any atom is 0.160 e. The Bertz CT molecular complexity index is 3790. The summed E-state index contributed by atoms with van der Waals surface area (Å²) in [4.78, 5) is 0. The van der Waals surface area contributed by atoms with Crippen LogP contribution >= 0.6 is 0 Å². The molecule has 0 spiro atoms. The third-order valence-corrected chi connectivity index (χ3v) is 13.4. The van der Waals surface area contributed by atoms with Gasteiger partial charge < -0.3 is 18.0 Å². The molecule has 0 N–H and O–H groups in total. The third-order valence-electron chi connectivity index (χ3n) is 13.4. The highest BCUT2D eigenvalue weighted by molar-refractivity contribution is 6.24. The number of hydrogen-bond acceptors (Lipinski definition) is 2. The standard InChI is InChI=1S/C58H38F2N2O2/c1-3-37-51(33-21-25-35(59)26-22-33)53(61-47-17-9-5-13-39(47)43-29-31-45-41-15-7-11-19-49(41)63-57(45)55(43)61)38(4-2)54(52(37)34-23-27-36(60)28-24-34)62-48-18-10-6-14-40(48)44-30-32-46-42-16-8-12-20-50(42)64-58(46)56(44)62/h5-32H,3-4H2,1-2H3. The van der Waals surface area contributed by atoms with Crippen LogP contribution in [0.5, 0.6) is 0 Å². The van der Waals surface area contributed by atoms with Gasteiger partial charge in [-0.1, -0.05) is 123 Å². The summed E-state index contributed by atoms with van der Waals surface area (Å²) in [5, 5.41) is 8.48. The lowest BCUT2D eigenvalue weighted by Crippen LogP contribution is -2.13. The molecule has 4 heterocycles. The van der Waals surface area contributed by atoms with Crippen molar-refractivity contribution in [3.8, 4) is 33.6 Å². The Hall–Kier alpha value is -7.96. The monoisotopic (exact) mass is 832 g/mol. The van der Waals surface area contributed by atoms with E-state index in [2.05, 4.69) is 120 Å². The van der Waals surface area contributed by atoms with Gasteiger partial charge in [0.25, 0.3) is 0 Å². The Morgan fingerprint density at radius 3 is 1.17 bits per heavy atom. The van der Waals surface area contributed by atoms with Crippen LogP contribution in [-0.2, 0) is 12.8 Å². The van der Waals surface area contributed by atoms with E-state index < -0.39 is 0 Å². The minimum Gasteiger partial charge on any atom is -0.454 e. The molecule has 0 aliphatic heterocycles. The van der Waals surface area contributed by atoms with Crippen LogP contribution in [0.25, 0.3) is 121 Å². The number of para-hydroxylation sites is 4. The van der Waals surface area contributed by atoms with Crippen LogP contribution in [0.1, 0.15) is 25.0 Å². The van der Waals surface area contributed by atoms with Crippen molar-refractivity contribution in [3.63, 3.8) is 0 Å². The SMILES string of the molecule is CCc1c(-c2ccc(F)cc2)c(-n2c3ccccc3c3ccc4c5ccccc5oc4c32)c(CC)c(-n2c3ccccc3c3ccc4c5ccccc5oc4c32)c1-c1ccc(F)cc1. The van der Waals surface area contributed by atoms with Gasteiger partial charge in [0.05, 0.1) is 33.4 Å². The molecule has 0 aliphatic rings. The molecular weight excluding hydrogens is 795 g/mol. The van der Waals surface area contributed by atoms with Gasteiger partial charge in [0.1, 0.15) is 22.8 Å². The number of nitrogens with zero attached hydrogens (tertiary/aromatic N) is 2. The second kappa shape index (κ2) is 13.8. The van der Waals surface area contributed by atoms with Crippen molar-refractivity contribution in [1.29, 1.82) is 0 Å². The zero-order chi connectivity index (χ0) is 42.8. The van der Waals surface area contributed by atoms with Gasteiger partial charge in [-0.15, -0.1) is 0 Å². The Morgan fingerprint density at radius 1 is 0.375 bits per heavy atom. The average Bonchev–Trinajstić information content (AvgIpc) is 4.09. The van der Waals surface area contributed by atoms with Crippen LogP contribution in [0.3, 0.4) is 0 Å². The highest BCUT2D eigenvalue weighted by Crippen LogP contribution is 2.51. The summed E-state index contributed by atoms with van der Waals surface area (Å²) in [5.74, 6) is -0.620. The quantitative estimate of drug-likeness (QED) is 0.167. The van der Waals surface area contributed by atoms with Gasteiger partial charge in [-0.3, -0.25) is 0 Å². The minimum absolute atomic E-state index is 0.310. The summed E-state index contributed by atoms with van der Waals surface area (Å²) in [6.07, 6.45) is 1.21. The summed E-state index contributed by atoms with van der Waals surface area (Å²) in [7, 11) is 0. The van der Waals surface area contributed by atoms with E-state index in [0.29, 0.717) is 12.8 Å². The maximum absolute atomic E-state index is 15.1. The van der Waals surface area contributed by atoms with Crippen molar-refractivity contribution in [2.75, 3.05) is 0 Å². The molecule has 0 bridgehead atoms. The molecule has 64 heavy (non-hydrogen) atoms. The summed E-state index contributed by atoms with van der Waals surface area (Å²) in [5.41, 5.74) is 15.0. The van der Waals surface area contributed by atoms with E-state index in [4.69, 9.17) is 8.83 Å². The predicted octanol–water partition coefficient (Wildman–Crippen LogP) is 16.4. The highest BCUT2D eigenvalue weighted by atomic mass is 19.1. The van der Waals surface area contributed by atoms with Crippen molar-refractivity contribution in [1.82, 2.24) is 9.13 Å². The number of hydrogen-bond donors (Lipinski definition) is 0. The Balaban J connectivity index is 1.32. The van der Waals surface area contributed by atoms with E-state index >= 15 is 8.78 Å². The first-order chi connectivity index (χ1) is 31.5. The van der Waals surface area contributed by atoms with E-state index in [0.717, 1.165) is 132 Å². The van der Waals surface area contributed by atoms with Crippen molar-refractivity contribution in [2.45, 2.75) is 26.7 Å². The summed E-state index contributed by atoms with van der Waals surface area (Å²) in [6, 6.07) is 56.1. The highest BCUT2D eigenvalue weighted by Gasteiger charge is 2.32. The van der Waals surface area contributed by atoms with E-state index in [1.54, 1.807) is 24.3 Å². The normalized spacial score (nSPS) is 12.2. The number of benzene rings is 9. The number of fused-ring (bicyclic) bond motifs is 14. The zero-order valence-corrected chi connectivity index (χ0v) is 35.0. The van der Waals surface area contributed by atoms with E-state index in [1.165, 1.54) is 0 Å². The molecule has 0 aliphatic carbocycles. The van der Waals surface area contributed by atoms with E-state index in [9.17, 15) is 0 Å². The fourth-order valence-corrected chi connectivity index (χ4v) is 10.8. The fourth-order valence-electron chi connectivity index (χ4n) is 10.8. The molecule has 4 aromatic heterocycles. The van der Waals surface area contributed by atoms with Gasteiger partial charge in [0, 0.05) is 59.8 Å². The number of aromatic nitrogens is 2. The molecule has 0 saturated carbocycles. The second-order valence-electron chi connectivity index (χ2n) is 16.7. The number of furan rings is 2. The van der Waals surface area contributed by atoms with Crippen LogP contribution in [0.15, 0.2) is 179 Å². The molecule has 0 atom stereocenters. The first kappa shape index (κ1) is 36.7. The molecule has 0 fully saturated rings. The Kier molecular flexibility index (Phi) is 7.89. The third kappa shape index (κ3) is 5.02. The zero-order valence-electron chi connectivity index (χ0n) is 35.0. The van der Waals surface area contributed by atoms with Crippen molar-refractivity contribution in [2.24, 2.45) is 0 Å².